The number of thiophene rings is 1. The number of nitrogens with zero attached hydrogens (tertiary/aromatic N) is 1. The third-order valence-corrected chi connectivity index (χ3v) is 5.81. The van der Waals surface area contributed by atoms with Gasteiger partial charge in [-0.25, -0.2) is 0 Å². The highest BCUT2D eigenvalue weighted by molar-refractivity contribution is 7.12. The summed E-state index contributed by atoms with van der Waals surface area (Å²) in [4.78, 5) is 26.8. The van der Waals surface area contributed by atoms with Crippen LogP contribution in [0.3, 0.4) is 0 Å². The highest BCUT2D eigenvalue weighted by atomic mass is 32.1. The summed E-state index contributed by atoms with van der Waals surface area (Å²) < 4.78 is 61.6. The Morgan fingerprint density at radius 3 is 2.56 bits per heavy atom. The van der Waals surface area contributed by atoms with Gasteiger partial charge in [-0.1, -0.05) is 12.2 Å². The van der Waals surface area contributed by atoms with E-state index in [0.29, 0.717) is 5.69 Å². The number of fused-ring (bicyclic) bond motifs is 1. The number of hydrogen-bond donors (Lipinski definition) is 3. The summed E-state index contributed by atoms with van der Waals surface area (Å²) in [5.41, 5.74) is 0.515. The van der Waals surface area contributed by atoms with Crippen molar-refractivity contribution in [2.45, 2.75) is 18.3 Å². The van der Waals surface area contributed by atoms with Crippen molar-refractivity contribution in [3.05, 3.63) is 59.0 Å². The van der Waals surface area contributed by atoms with Crippen LogP contribution in [0, 0.1) is 0 Å². The molecule has 1 unspecified atom stereocenters. The van der Waals surface area contributed by atoms with E-state index in [9.17, 15) is 27.2 Å². The Morgan fingerprint density at radius 1 is 1.09 bits per heavy atom. The molecule has 34 heavy (non-hydrogen) atoms. The van der Waals surface area contributed by atoms with E-state index in [4.69, 9.17) is 0 Å². The first-order valence-corrected chi connectivity index (χ1v) is 10.7. The summed E-state index contributed by atoms with van der Waals surface area (Å²) >= 11 is 1.12. The minimum atomic E-state index is -4.86. The molecule has 2 amide bonds. The standard InChI is InChI=1S/C21H18F4N4O4S/c1-26-18(30)14-4-2-3-8-29(14)11-27-13-7-9-34-17(13)19(31)28-12-5-6-15-16(10-12)33-21(24,25)20(22,23)32-15/h2-10,14,27H,11H2,1H3,(H,26,30)(H,28,31). The van der Waals surface area contributed by atoms with Crippen molar-refractivity contribution in [3.63, 3.8) is 0 Å². The maximum absolute atomic E-state index is 13.4. The van der Waals surface area contributed by atoms with Gasteiger partial charge >= 0.3 is 12.2 Å². The molecule has 3 heterocycles. The largest absolute Gasteiger partial charge is 0.507 e. The lowest BCUT2D eigenvalue weighted by atomic mass is 10.2. The van der Waals surface area contributed by atoms with Crippen LogP contribution in [-0.4, -0.2) is 48.7 Å². The van der Waals surface area contributed by atoms with Gasteiger partial charge < -0.3 is 30.3 Å². The fraction of sp³-hybridized carbons (Fsp3) is 0.238. The number of carbonyl (C=O) groups is 2. The zero-order valence-electron chi connectivity index (χ0n) is 17.5. The predicted molar refractivity (Wildman–Crippen MR) is 116 cm³/mol. The van der Waals surface area contributed by atoms with Crippen molar-refractivity contribution >= 4 is 34.5 Å². The maximum atomic E-state index is 13.4. The van der Waals surface area contributed by atoms with Crippen LogP contribution in [0.5, 0.6) is 11.5 Å². The molecule has 13 heteroatoms. The second-order valence-corrected chi connectivity index (χ2v) is 8.07. The molecule has 0 saturated heterocycles. The van der Waals surface area contributed by atoms with Gasteiger partial charge in [0.25, 0.3) is 5.91 Å². The molecule has 2 aromatic rings. The van der Waals surface area contributed by atoms with Gasteiger partial charge in [0.15, 0.2) is 11.5 Å². The zero-order valence-corrected chi connectivity index (χ0v) is 18.3. The molecule has 1 aromatic heterocycles. The van der Waals surface area contributed by atoms with Crippen molar-refractivity contribution < 1.29 is 36.6 Å². The van der Waals surface area contributed by atoms with Crippen LogP contribution >= 0.6 is 11.3 Å². The first-order valence-electron chi connectivity index (χ1n) is 9.84. The Bertz CT molecular complexity index is 1170. The van der Waals surface area contributed by atoms with E-state index in [1.165, 1.54) is 13.1 Å². The molecular formula is C21H18F4N4O4S. The molecule has 3 N–H and O–H groups in total. The number of hydrogen-bond acceptors (Lipinski definition) is 7. The number of anilines is 2. The summed E-state index contributed by atoms with van der Waals surface area (Å²) in [6.45, 7) is 0.212. The normalized spacial score (nSPS) is 19.4. The number of carbonyl (C=O) groups excluding carboxylic acids is 2. The summed E-state index contributed by atoms with van der Waals surface area (Å²) in [7, 11) is 1.53. The second kappa shape index (κ2) is 8.89. The Morgan fingerprint density at radius 2 is 1.82 bits per heavy atom. The number of benzene rings is 1. The van der Waals surface area contributed by atoms with Crippen molar-refractivity contribution in [2.75, 3.05) is 24.3 Å². The van der Waals surface area contributed by atoms with Gasteiger partial charge in [-0.3, -0.25) is 9.59 Å². The van der Waals surface area contributed by atoms with Crippen LogP contribution in [0.4, 0.5) is 28.9 Å². The average Bonchev–Trinajstić information content (AvgIpc) is 3.27. The van der Waals surface area contributed by atoms with Gasteiger partial charge in [0.1, 0.15) is 10.9 Å². The van der Waals surface area contributed by atoms with Crippen LogP contribution in [-0.2, 0) is 4.79 Å². The molecule has 0 fully saturated rings. The van der Waals surface area contributed by atoms with Crippen molar-refractivity contribution in [3.8, 4) is 11.5 Å². The van der Waals surface area contributed by atoms with Crippen LogP contribution in [0.2, 0.25) is 0 Å². The number of ether oxygens (including phenoxy) is 2. The highest BCUT2D eigenvalue weighted by Crippen LogP contribution is 2.47. The van der Waals surface area contributed by atoms with E-state index in [1.807, 2.05) is 0 Å². The average molecular weight is 498 g/mol. The molecule has 0 radical (unpaired) electrons. The van der Waals surface area contributed by atoms with Crippen molar-refractivity contribution in [1.82, 2.24) is 10.2 Å². The zero-order chi connectivity index (χ0) is 24.5. The number of allylic oxidation sites excluding steroid dienone is 2. The van der Waals surface area contributed by atoms with Crippen LogP contribution in [0.1, 0.15) is 9.67 Å². The monoisotopic (exact) mass is 498 g/mol. The molecule has 0 bridgehead atoms. The second-order valence-electron chi connectivity index (χ2n) is 7.15. The van der Waals surface area contributed by atoms with E-state index in [2.05, 4.69) is 25.4 Å². The SMILES string of the molecule is CNC(=O)C1C=CC=CN1CNc1ccsc1C(=O)Nc1ccc2c(c1)OC(F)(F)C(F)(F)O2. The topological polar surface area (TPSA) is 91.9 Å². The molecule has 1 atom stereocenters. The Labute approximate surface area is 194 Å². The molecule has 180 valence electrons. The Balaban J connectivity index is 1.44. The number of halogens is 4. The van der Waals surface area contributed by atoms with Gasteiger partial charge in [-0.05, 0) is 29.7 Å². The lowest BCUT2D eigenvalue weighted by Crippen LogP contribution is -2.52. The number of nitrogens with one attached hydrogen (secondary N) is 3. The van der Waals surface area contributed by atoms with E-state index in [1.54, 1.807) is 40.8 Å². The van der Waals surface area contributed by atoms with E-state index >= 15 is 0 Å². The third kappa shape index (κ3) is 4.51. The first-order chi connectivity index (χ1) is 16.1. The molecular weight excluding hydrogens is 480 g/mol. The maximum Gasteiger partial charge on any atom is 0.507 e. The molecule has 0 aliphatic carbocycles. The molecule has 0 saturated carbocycles. The highest BCUT2D eigenvalue weighted by Gasteiger charge is 2.65. The summed E-state index contributed by atoms with van der Waals surface area (Å²) in [5.74, 6) is -1.99. The number of amides is 2. The smallest absolute Gasteiger partial charge is 0.421 e. The first kappa shape index (κ1) is 23.4. The Hall–Kier alpha value is -3.74. The predicted octanol–water partition coefficient (Wildman–Crippen LogP) is 3.83. The van der Waals surface area contributed by atoms with Gasteiger partial charge in [-0.2, -0.15) is 17.6 Å². The number of rotatable bonds is 6. The number of alkyl halides is 4. The van der Waals surface area contributed by atoms with E-state index in [0.717, 1.165) is 23.5 Å². The minimum absolute atomic E-state index is 0.0384. The molecule has 4 rings (SSSR count). The van der Waals surface area contributed by atoms with Crippen molar-refractivity contribution in [1.29, 1.82) is 0 Å². The van der Waals surface area contributed by atoms with Gasteiger partial charge in [-0.15, -0.1) is 11.3 Å². The fourth-order valence-corrected chi connectivity index (χ4v) is 3.97. The van der Waals surface area contributed by atoms with E-state index < -0.39 is 35.7 Å². The van der Waals surface area contributed by atoms with Gasteiger partial charge in [0.05, 0.1) is 12.4 Å². The molecule has 0 spiro atoms. The lowest BCUT2D eigenvalue weighted by Gasteiger charge is -2.31. The molecule has 2 aliphatic rings. The summed E-state index contributed by atoms with van der Waals surface area (Å²) in [6, 6.07) is 4.33. The number of likely N-dealkylation sites (N-methyl/N-ethyl adjacent to an activating group) is 1. The molecule has 8 nitrogen and oxygen atoms in total. The molecule has 2 aliphatic heterocycles. The quantitative estimate of drug-likeness (QED) is 0.525. The Kier molecular flexibility index (Phi) is 6.13. The van der Waals surface area contributed by atoms with Crippen LogP contribution in [0.15, 0.2) is 54.1 Å². The van der Waals surface area contributed by atoms with Crippen LogP contribution < -0.4 is 25.4 Å². The minimum Gasteiger partial charge on any atom is -0.421 e. The summed E-state index contributed by atoms with van der Waals surface area (Å²) in [5, 5.41) is 9.86. The van der Waals surface area contributed by atoms with Crippen LogP contribution in [0.25, 0.3) is 0 Å². The van der Waals surface area contributed by atoms with Gasteiger partial charge in [0, 0.05) is 25.0 Å². The third-order valence-electron chi connectivity index (χ3n) is 4.89. The molecule has 1 aromatic carbocycles. The summed E-state index contributed by atoms with van der Waals surface area (Å²) in [6.07, 6.45) is -2.71. The van der Waals surface area contributed by atoms with Gasteiger partial charge in [0.2, 0.25) is 5.91 Å². The fourth-order valence-electron chi connectivity index (χ4n) is 3.20. The van der Waals surface area contributed by atoms with E-state index in [-0.39, 0.29) is 23.1 Å². The van der Waals surface area contributed by atoms with Crippen molar-refractivity contribution in [2.24, 2.45) is 0 Å². The lowest BCUT2D eigenvalue weighted by molar-refractivity contribution is -0.391.